The number of likely N-dealkylation sites (tertiary alicyclic amines) is 1. The van der Waals surface area contributed by atoms with Gasteiger partial charge in [0.25, 0.3) is 0 Å². The average molecular weight is 488 g/mol. The molecule has 0 spiro atoms. The monoisotopic (exact) mass is 487 g/mol. The van der Waals surface area contributed by atoms with Gasteiger partial charge in [0.05, 0.1) is 30.9 Å². The number of carbonyl (C=O) groups is 2. The number of amides is 2. The summed E-state index contributed by atoms with van der Waals surface area (Å²) in [5.74, 6) is 1.15. The molecular formula is C27H41N3O5. The van der Waals surface area contributed by atoms with Crippen molar-refractivity contribution in [1.82, 2.24) is 10.2 Å². The summed E-state index contributed by atoms with van der Waals surface area (Å²) in [6, 6.07) is 4.64. The molecule has 35 heavy (non-hydrogen) atoms. The predicted molar refractivity (Wildman–Crippen MR) is 133 cm³/mol. The molecule has 0 radical (unpaired) electrons. The third-order valence-corrected chi connectivity index (χ3v) is 7.70. The number of para-hydroxylation sites is 1. The normalized spacial score (nSPS) is 28.6. The summed E-state index contributed by atoms with van der Waals surface area (Å²) in [4.78, 5) is 28.0. The van der Waals surface area contributed by atoms with E-state index >= 15 is 0 Å². The number of nitrogens with two attached hydrogens (primary N) is 1. The van der Waals surface area contributed by atoms with E-state index < -0.39 is 17.7 Å². The summed E-state index contributed by atoms with van der Waals surface area (Å²) in [7, 11) is 0. The number of carbonyl (C=O) groups excluding carboxylic acids is 2. The third kappa shape index (κ3) is 4.87. The number of hydrogen-bond acceptors (Lipinski definition) is 6. The summed E-state index contributed by atoms with van der Waals surface area (Å²) in [6.07, 6.45) is 2.35. The molecule has 8 nitrogen and oxygen atoms in total. The zero-order valence-electron chi connectivity index (χ0n) is 21.9. The van der Waals surface area contributed by atoms with Crippen LogP contribution in [0, 0.1) is 11.8 Å². The molecule has 2 amide bonds. The van der Waals surface area contributed by atoms with Crippen LogP contribution in [0.25, 0.3) is 0 Å². The van der Waals surface area contributed by atoms with E-state index in [4.69, 9.17) is 19.9 Å². The quantitative estimate of drug-likeness (QED) is 0.639. The van der Waals surface area contributed by atoms with Crippen molar-refractivity contribution in [2.45, 2.75) is 96.7 Å². The number of nitrogens with zero attached hydrogens (tertiary/aromatic N) is 1. The number of hydrogen-bond donors (Lipinski definition) is 2. The second-order valence-corrected chi connectivity index (χ2v) is 11.0. The van der Waals surface area contributed by atoms with Crippen LogP contribution in [0.4, 0.5) is 0 Å². The first kappa shape index (κ1) is 25.8. The Bertz CT molecular complexity index is 947. The molecule has 0 saturated carbocycles. The Kier molecular flexibility index (Phi) is 7.34. The van der Waals surface area contributed by atoms with E-state index in [-0.39, 0.29) is 41.9 Å². The highest BCUT2D eigenvalue weighted by atomic mass is 16.5. The Morgan fingerprint density at radius 3 is 2.69 bits per heavy atom. The van der Waals surface area contributed by atoms with E-state index in [0.717, 1.165) is 36.3 Å². The van der Waals surface area contributed by atoms with E-state index in [0.29, 0.717) is 13.2 Å². The minimum atomic E-state index is -0.668. The molecule has 1 aromatic carbocycles. The van der Waals surface area contributed by atoms with Crippen LogP contribution < -0.4 is 20.5 Å². The van der Waals surface area contributed by atoms with Gasteiger partial charge in [-0.2, -0.15) is 0 Å². The van der Waals surface area contributed by atoms with E-state index in [1.54, 1.807) is 6.92 Å². The Balaban J connectivity index is 1.61. The van der Waals surface area contributed by atoms with Crippen LogP contribution in [-0.2, 0) is 14.3 Å². The van der Waals surface area contributed by atoms with Gasteiger partial charge in [0.1, 0.15) is 11.6 Å². The van der Waals surface area contributed by atoms with Crippen LogP contribution in [0.15, 0.2) is 18.2 Å². The zero-order valence-corrected chi connectivity index (χ0v) is 21.9. The topological polar surface area (TPSA) is 103 Å². The van der Waals surface area contributed by atoms with Crippen molar-refractivity contribution in [3.63, 3.8) is 0 Å². The lowest BCUT2D eigenvalue weighted by Gasteiger charge is -2.55. The molecule has 0 bridgehead atoms. The number of rotatable bonds is 6. The largest absolute Gasteiger partial charge is 0.490 e. The SMILES string of the molecule is CCOc1cccc2c1OC(C)(C)[C@@H]1C[C@@H]3[C@@H](CCCN3C(=O)[C@@H](NC(=O)[C@H](C)N)C(C)C)O[C@@H]21. The molecule has 3 heterocycles. The molecular weight excluding hydrogens is 446 g/mol. The van der Waals surface area contributed by atoms with Gasteiger partial charge < -0.3 is 30.2 Å². The molecule has 4 rings (SSSR count). The minimum absolute atomic E-state index is 0.0545. The average Bonchev–Trinajstić information content (AvgIpc) is 2.81. The van der Waals surface area contributed by atoms with Gasteiger partial charge in [-0.3, -0.25) is 9.59 Å². The smallest absolute Gasteiger partial charge is 0.245 e. The van der Waals surface area contributed by atoms with Crippen LogP contribution in [0.1, 0.15) is 72.5 Å². The van der Waals surface area contributed by atoms with Gasteiger partial charge in [-0.15, -0.1) is 0 Å². The van der Waals surface area contributed by atoms with E-state index in [2.05, 4.69) is 25.2 Å². The molecule has 3 aliphatic heterocycles. The van der Waals surface area contributed by atoms with Gasteiger partial charge in [0.2, 0.25) is 11.8 Å². The van der Waals surface area contributed by atoms with E-state index in [9.17, 15) is 9.59 Å². The number of ether oxygens (including phenoxy) is 3. The second-order valence-electron chi connectivity index (χ2n) is 11.0. The van der Waals surface area contributed by atoms with Gasteiger partial charge in [-0.25, -0.2) is 0 Å². The number of piperidine rings is 1. The molecule has 3 aliphatic rings. The summed E-state index contributed by atoms with van der Waals surface area (Å²) in [5, 5.41) is 2.88. The van der Waals surface area contributed by atoms with Crippen LogP contribution in [0.2, 0.25) is 0 Å². The fourth-order valence-electron chi connectivity index (χ4n) is 5.79. The first-order valence-corrected chi connectivity index (χ1v) is 13.0. The standard InChI is InChI=1S/C27H41N3O5/c1-7-33-21-11-8-10-17-23-18(27(5,6)35-24(17)21)14-19-20(34-23)12-9-13-30(19)26(32)22(15(2)3)29-25(31)16(4)28/h8,10-11,15-16,18-20,22-23H,7,9,12-14,28H2,1-6H3,(H,29,31)/t16-,18+,19+,20+,22-,23-/m0/s1. The van der Waals surface area contributed by atoms with E-state index in [1.165, 1.54) is 0 Å². The summed E-state index contributed by atoms with van der Waals surface area (Å²) < 4.78 is 19.2. The van der Waals surface area contributed by atoms with Crippen molar-refractivity contribution in [2.75, 3.05) is 13.2 Å². The molecule has 0 aliphatic carbocycles. The van der Waals surface area contributed by atoms with Gasteiger partial charge in [0.15, 0.2) is 11.5 Å². The zero-order chi connectivity index (χ0) is 25.5. The fourth-order valence-corrected chi connectivity index (χ4v) is 5.79. The Hall–Kier alpha value is -2.32. The number of benzene rings is 1. The fraction of sp³-hybridized carbons (Fsp3) is 0.704. The lowest BCUT2D eigenvalue weighted by Crippen LogP contribution is -2.63. The molecule has 6 atom stereocenters. The van der Waals surface area contributed by atoms with Crippen molar-refractivity contribution < 1.29 is 23.8 Å². The molecule has 2 fully saturated rings. The lowest BCUT2D eigenvalue weighted by atomic mass is 9.72. The highest BCUT2D eigenvalue weighted by Gasteiger charge is 2.53. The highest BCUT2D eigenvalue weighted by Crippen LogP contribution is 2.54. The first-order chi connectivity index (χ1) is 16.5. The molecule has 1 aromatic rings. The van der Waals surface area contributed by atoms with Crippen LogP contribution in [0.5, 0.6) is 11.5 Å². The van der Waals surface area contributed by atoms with E-state index in [1.807, 2.05) is 37.8 Å². The summed E-state index contributed by atoms with van der Waals surface area (Å²) in [5.41, 5.74) is 6.28. The summed E-state index contributed by atoms with van der Waals surface area (Å²) in [6.45, 7) is 12.9. The Morgan fingerprint density at radius 1 is 1.29 bits per heavy atom. The van der Waals surface area contributed by atoms with Crippen LogP contribution in [-0.4, -0.2) is 59.7 Å². The molecule has 8 heteroatoms. The lowest BCUT2D eigenvalue weighted by molar-refractivity contribution is -0.194. The minimum Gasteiger partial charge on any atom is -0.490 e. The Morgan fingerprint density at radius 2 is 2.03 bits per heavy atom. The molecule has 3 N–H and O–H groups in total. The third-order valence-electron chi connectivity index (χ3n) is 7.70. The molecule has 194 valence electrons. The van der Waals surface area contributed by atoms with Gasteiger partial charge in [-0.05, 0) is 58.9 Å². The maximum absolute atomic E-state index is 13.8. The van der Waals surface area contributed by atoms with Gasteiger partial charge in [-0.1, -0.05) is 26.0 Å². The highest BCUT2D eigenvalue weighted by molar-refractivity contribution is 5.90. The van der Waals surface area contributed by atoms with Crippen molar-refractivity contribution in [2.24, 2.45) is 17.6 Å². The first-order valence-electron chi connectivity index (χ1n) is 13.0. The van der Waals surface area contributed by atoms with Gasteiger partial charge >= 0.3 is 0 Å². The van der Waals surface area contributed by atoms with Crippen molar-refractivity contribution >= 4 is 11.8 Å². The van der Waals surface area contributed by atoms with Crippen LogP contribution in [0.3, 0.4) is 0 Å². The van der Waals surface area contributed by atoms with Crippen molar-refractivity contribution in [3.05, 3.63) is 23.8 Å². The predicted octanol–water partition coefficient (Wildman–Crippen LogP) is 3.18. The molecule has 2 saturated heterocycles. The summed E-state index contributed by atoms with van der Waals surface area (Å²) >= 11 is 0. The van der Waals surface area contributed by atoms with Crippen LogP contribution >= 0.6 is 0 Å². The van der Waals surface area contributed by atoms with Crippen molar-refractivity contribution in [1.29, 1.82) is 0 Å². The maximum Gasteiger partial charge on any atom is 0.245 e. The van der Waals surface area contributed by atoms with Gasteiger partial charge in [0, 0.05) is 18.0 Å². The second kappa shape index (κ2) is 9.97. The van der Waals surface area contributed by atoms with Crippen molar-refractivity contribution in [3.8, 4) is 11.5 Å². The number of fused-ring (bicyclic) bond motifs is 4. The maximum atomic E-state index is 13.8. The molecule has 0 aromatic heterocycles. The molecule has 0 unspecified atom stereocenters. The Labute approximate surface area is 208 Å². The number of nitrogens with one attached hydrogen (secondary N) is 1.